The molecule has 0 radical (unpaired) electrons. The standard InChI is InChI=1S/C17H17F2NO3S/c1-8-14(17(22)23-4)9(2)20-15(8)16(21)10(3)24-11-5-6-12(18)13(19)7-11/h5-7,10,20H,1-4H3/t10-/m0/s1. The van der Waals surface area contributed by atoms with E-state index in [0.29, 0.717) is 27.4 Å². The van der Waals surface area contributed by atoms with Crippen molar-refractivity contribution in [2.75, 3.05) is 7.11 Å². The summed E-state index contributed by atoms with van der Waals surface area (Å²) in [7, 11) is 1.28. The Morgan fingerprint density at radius 2 is 1.88 bits per heavy atom. The van der Waals surface area contributed by atoms with E-state index in [2.05, 4.69) is 4.98 Å². The highest BCUT2D eigenvalue weighted by Gasteiger charge is 2.26. The first-order valence-electron chi connectivity index (χ1n) is 7.19. The molecule has 4 nitrogen and oxygen atoms in total. The SMILES string of the molecule is COC(=O)c1c(C)[nH]c(C(=O)[C@H](C)Sc2ccc(F)c(F)c2)c1C. The summed E-state index contributed by atoms with van der Waals surface area (Å²) in [6.45, 7) is 5.02. The van der Waals surface area contributed by atoms with Gasteiger partial charge in [-0.2, -0.15) is 0 Å². The molecule has 7 heteroatoms. The molecule has 0 bridgehead atoms. The molecule has 1 heterocycles. The maximum absolute atomic E-state index is 13.3. The summed E-state index contributed by atoms with van der Waals surface area (Å²) in [4.78, 5) is 27.8. The number of ether oxygens (including phenoxy) is 1. The second-order valence-electron chi connectivity index (χ2n) is 5.32. The first-order chi connectivity index (χ1) is 11.3. The third-order valence-corrected chi connectivity index (χ3v) is 4.74. The number of aromatic nitrogens is 1. The topological polar surface area (TPSA) is 59.2 Å². The van der Waals surface area contributed by atoms with Gasteiger partial charge in [0, 0.05) is 10.6 Å². The number of aromatic amines is 1. The molecule has 2 aromatic rings. The van der Waals surface area contributed by atoms with Gasteiger partial charge in [-0.15, -0.1) is 11.8 Å². The summed E-state index contributed by atoms with van der Waals surface area (Å²) in [6, 6.07) is 3.49. The lowest BCUT2D eigenvalue weighted by Crippen LogP contribution is -2.15. The maximum atomic E-state index is 13.3. The van der Waals surface area contributed by atoms with E-state index in [1.807, 2.05) is 0 Å². The highest BCUT2D eigenvalue weighted by Crippen LogP contribution is 2.29. The van der Waals surface area contributed by atoms with Gasteiger partial charge in [-0.05, 0) is 44.5 Å². The molecule has 0 fully saturated rings. The number of H-pyrrole nitrogens is 1. The van der Waals surface area contributed by atoms with Gasteiger partial charge in [0.2, 0.25) is 0 Å². The Hall–Kier alpha value is -2.15. The number of esters is 1. The van der Waals surface area contributed by atoms with Crippen LogP contribution in [-0.2, 0) is 4.74 Å². The molecule has 1 N–H and O–H groups in total. The van der Waals surface area contributed by atoms with Crippen LogP contribution in [0, 0.1) is 25.5 Å². The Labute approximate surface area is 142 Å². The van der Waals surface area contributed by atoms with E-state index in [4.69, 9.17) is 4.74 Å². The van der Waals surface area contributed by atoms with E-state index in [1.54, 1.807) is 20.8 Å². The minimum atomic E-state index is -0.959. The van der Waals surface area contributed by atoms with Crippen molar-refractivity contribution in [2.45, 2.75) is 30.9 Å². The lowest BCUT2D eigenvalue weighted by molar-refractivity contribution is 0.0599. The number of carbonyl (C=O) groups is 2. The Morgan fingerprint density at radius 1 is 1.21 bits per heavy atom. The predicted molar refractivity (Wildman–Crippen MR) is 87.6 cm³/mol. The Bertz CT molecular complexity index is 801. The van der Waals surface area contributed by atoms with Gasteiger partial charge < -0.3 is 9.72 Å². The first kappa shape index (κ1) is 18.2. The van der Waals surface area contributed by atoms with Gasteiger partial charge in [-0.3, -0.25) is 4.79 Å². The number of methoxy groups -OCH3 is 1. The number of halogens is 2. The first-order valence-corrected chi connectivity index (χ1v) is 8.07. The van der Waals surface area contributed by atoms with E-state index in [1.165, 1.54) is 13.2 Å². The number of rotatable bonds is 5. The molecule has 1 atom stereocenters. The number of hydrogen-bond acceptors (Lipinski definition) is 4. The maximum Gasteiger partial charge on any atom is 0.339 e. The van der Waals surface area contributed by atoms with Crippen molar-refractivity contribution in [1.29, 1.82) is 0 Å². The van der Waals surface area contributed by atoms with Gasteiger partial charge in [0.05, 0.1) is 23.6 Å². The van der Waals surface area contributed by atoms with Gasteiger partial charge in [-0.25, -0.2) is 13.6 Å². The smallest absolute Gasteiger partial charge is 0.339 e. The van der Waals surface area contributed by atoms with Crippen molar-refractivity contribution < 1.29 is 23.1 Å². The number of hydrogen-bond donors (Lipinski definition) is 1. The normalized spacial score (nSPS) is 12.1. The average Bonchev–Trinajstić information content (AvgIpc) is 2.84. The molecule has 0 aliphatic carbocycles. The van der Waals surface area contributed by atoms with Crippen molar-refractivity contribution in [3.63, 3.8) is 0 Å². The Kier molecular flexibility index (Phi) is 5.43. The van der Waals surface area contributed by atoms with Crippen LogP contribution in [0.2, 0.25) is 0 Å². The molecule has 0 spiro atoms. The number of Topliss-reactive ketones (excluding diaryl/α,β-unsaturated/α-hetero) is 1. The number of ketones is 1. The van der Waals surface area contributed by atoms with Crippen molar-refractivity contribution in [3.8, 4) is 0 Å². The van der Waals surface area contributed by atoms with Crippen molar-refractivity contribution >= 4 is 23.5 Å². The molecule has 0 saturated heterocycles. The summed E-state index contributed by atoms with van der Waals surface area (Å²) in [5, 5.41) is -0.544. The third kappa shape index (κ3) is 3.51. The third-order valence-electron chi connectivity index (χ3n) is 3.65. The zero-order chi connectivity index (χ0) is 18.0. The molecule has 0 amide bonds. The number of nitrogens with one attached hydrogen (secondary N) is 1. The van der Waals surface area contributed by atoms with Crippen molar-refractivity contribution in [2.24, 2.45) is 0 Å². The second kappa shape index (κ2) is 7.17. The van der Waals surface area contributed by atoms with Crippen LogP contribution >= 0.6 is 11.8 Å². The predicted octanol–water partition coefficient (Wildman–Crippen LogP) is 4.06. The van der Waals surface area contributed by atoms with Gasteiger partial charge in [0.25, 0.3) is 0 Å². The molecular weight excluding hydrogens is 336 g/mol. The lowest BCUT2D eigenvalue weighted by Gasteiger charge is -2.10. The number of benzene rings is 1. The van der Waals surface area contributed by atoms with Crippen LogP contribution in [0.15, 0.2) is 23.1 Å². The van der Waals surface area contributed by atoms with Gasteiger partial charge in [0.1, 0.15) is 0 Å². The van der Waals surface area contributed by atoms with Crippen LogP contribution in [0.5, 0.6) is 0 Å². The largest absolute Gasteiger partial charge is 0.465 e. The molecule has 1 aromatic carbocycles. The monoisotopic (exact) mass is 353 g/mol. The fraction of sp³-hybridized carbons (Fsp3) is 0.294. The van der Waals surface area contributed by atoms with Crippen LogP contribution in [0.25, 0.3) is 0 Å². The van der Waals surface area contributed by atoms with E-state index >= 15 is 0 Å². The molecule has 24 heavy (non-hydrogen) atoms. The second-order valence-corrected chi connectivity index (χ2v) is 6.73. The summed E-state index contributed by atoms with van der Waals surface area (Å²) >= 11 is 1.11. The molecule has 2 rings (SSSR count). The summed E-state index contributed by atoms with van der Waals surface area (Å²) in [5.41, 5.74) is 1.72. The van der Waals surface area contributed by atoms with Gasteiger partial charge >= 0.3 is 5.97 Å². The van der Waals surface area contributed by atoms with Crippen LogP contribution in [0.3, 0.4) is 0 Å². The fourth-order valence-corrected chi connectivity index (χ4v) is 3.37. The summed E-state index contributed by atoms with van der Waals surface area (Å²) < 4.78 is 31.0. The molecule has 0 unspecified atom stereocenters. The average molecular weight is 353 g/mol. The number of thioether (sulfide) groups is 1. The van der Waals surface area contributed by atoms with E-state index in [9.17, 15) is 18.4 Å². The quantitative estimate of drug-likeness (QED) is 0.500. The minimum absolute atomic E-state index is 0.236. The molecule has 0 aliphatic heterocycles. The molecule has 128 valence electrons. The highest BCUT2D eigenvalue weighted by atomic mass is 32.2. The van der Waals surface area contributed by atoms with E-state index in [0.717, 1.165) is 23.9 Å². The Balaban J connectivity index is 2.25. The van der Waals surface area contributed by atoms with Crippen LogP contribution in [0.4, 0.5) is 8.78 Å². The Morgan fingerprint density at radius 3 is 2.46 bits per heavy atom. The molecule has 1 aromatic heterocycles. The minimum Gasteiger partial charge on any atom is -0.465 e. The van der Waals surface area contributed by atoms with Crippen LogP contribution in [-0.4, -0.2) is 29.1 Å². The molecular formula is C17H17F2NO3S. The molecule has 0 saturated carbocycles. The lowest BCUT2D eigenvalue weighted by atomic mass is 10.1. The summed E-state index contributed by atoms with van der Waals surface area (Å²) in [5.74, 6) is -2.64. The number of carbonyl (C=O) groups excluding carboxylic acids is 2. The van der Waals surface area contributed by atoms with E-state index in [-0.39, 0.29) is 5.78 Å². The van der Waals surface area contributed by atoms with E-state index < -0.39 is 22.9 Å². The summed E-state index contributed by atoms with van der Waals surface area (Å²) in [6.07, 6.45) is 0. The zero-order valence-electron chi connectivity index (χ0n) is 13.7. The van der Waals surface area contributed by atoms with Crippen molar-refractivity contribution in [3.05, 3.63) is 52.3 Å². The van der Waals surface area contributed by atoms with Crippen LogP contribution < -0.4 is 0 Å². The van der Waals surface area contributed by atoms with Gasteiger partial charge in [0.15, 0.2) is 17.4 Å². The molecule has 0 aliphatic rings. The highest BCUT2D eigenvalue weighted by molar-refractivity contribution is 8.00. The van der Waals surface area contributed by atoms with Crippen molar-refractivity contribution in [1.82, 2.24) is 4.98 Å². The fourth-order valence-electron chi connectivity index (χ4n) is 2.42. The number of aryl methyl sites for hydroxylation is 1. The van der Waals surface area contributed by atoms with Gasteiger partial charge in [-0.1, -0.05) is 0 Å². The zero-order valence-corrected chi connectivity index (χ0v) is 14.5. The van der Waals surface area contributed by atoms with Crippen LogP contribution in [0.1, 0.15) is 39.0 Å².